The fourth-order valence-corrected chi connectivity index (χ4v) is 6.84. The van der Waals surface area contributed by atoms with E-state index in [1.54, 1.807) is 6.92 Å². The summed E-state index contributed by atoms with van der Waals surface area (Å²) >= 11 is 0. The Bertz CT molecular complexity index is 1010. The third kappa shape index (κ3) is 8.31. The number of nitrogens with one attached hydrogen (secondary N) is 2. The molecule has 1 aliphatic rings. The number of sulfonamides is 1. The molecule has 6 atom stereocenters. The summed E-state index contributed by atoms with van der Waals surface area (Å²) in [6.07, 6.45) is 2.96. The molecule has 1 aromatic carbocycles. The van der Waals surface area contributed by atoms with E-state index in [-0.39, 0.29) is 4.90 Å². The highest BCUT2D eigenvalue weighted by Gasteiger charge is 2.34. The molecule has 188 valence electrons. The van der Waals surface area contributed by atoms with Gasteiger partial charge in [0.2, 0.25) is 15.9 Å². The smallest absolute Gasteiger partial charge is 0.239 e. The number of benzene rings is 1. The lowest BCUT2D eigenvalue weighted by molar-refractivity contribution is -0.124. The molecular weight excluding hydrogens is 471 g/mol. The van der Waals surface area contributed by atoms with Gasteiger partial charge in [-0.15, -0.1) is 0 Å². The number of halogens is 1. The predicted molar refractivity (Wildman–Crippen MR) is 124 cm³/mol. The van der Waals surface area contributed by atoms with Crippen LogP contribution in [0.15, 0.2) is 29.2 Å². The van der Waals surface area contributed by atoms with E-state index in [0.717, 1.165) is 43.4 Å². The van der Waals surface area contributed by atoms with Crippen molar-refractivity contribution in [2.24, 2.45) is 17.8 Å². The number of carbonyl (C=O) groups excluding carboxylic acids is 1. The van der Waals surface area contributed by atoms with Crippen molar-refractivity contribution in [3.63, 3.8) is 0 Å². The molecule has 0 bridgehead atoms. The zero-order valence-corrected chi connectivity index (χ0v) is 21.1. The van der Waals surface area contributed by atoms with Crippen molar-refractivity contribution in [2.75, 3.05) is 12.0 Å². The van der Waals surface area contributed by atoms with Crippen LogP contribution in [0.4, 0.5) is 4.39 Å². The third-order valence-electron chi connectivity index (χ3n) is 6.29. The van der Waals surface area contributed by atoms with Crippen LogP contribution in [0.2, 0.25) is 0 Å². The number of amides is 1. The summed E-state index contributed by atoms with van der Waals surface area (Å²) in [6, 6.07) is 1.80. The largest absolute Gasteiger partial charge is 0.391 e. The molecule has 0 radical (unpaired) electrons. The lowest BCUT2D eigenvalue weighted by atomic mass is 9.89. The van der Waals surface area contributed by atoms with E-state index in [1.165, 1.54) is 0 Å². The van der Waals surface area contributed by atoms with Crippen molar-refractivity contribution in [1.29, 1.82) is 0 Å². The summed E-state index contributed by atoms with van der Waals surface area (Å²) in [7, 11) is -8.03. The van der Waals surface area contributed by atoms with Crippen molar-refractivity contribution in [3.8, 4) is 0 Å². The van der Waals surface area contributed by atoms with Gasteiger partial charge in [0.25, 0.3) is 0 Å². The molecule has 1 saturated carbocycles. The topological polar surface area (TPSA) is 130 Å². The van der Waals surface area contributed by atoms with Crippen LogP contribution in [0.1, 0.15) is 46.5 Å². The first-order chi connectivity index (χ1) is 15.2. The molecule has 1 aliphatic carbocycles. The molecule has 0 aromatic heterocycles. The molecule has 0 spiro atoms. The number of aliphatic hydroxyl groups excluding tert-OH is 1. The molecule has 3 N–H and O–H groups in total. The Kier molecular flexibility index (Phi) is 9.43. The lowest BCUT2D eigenvalue weighted by Gasteiger charge is -2.28. The first kappa shape index (κ1) is 27.7. The zero-order valence-electron chi connectivity index (χ0n) is 19.5. The van der Waals surface area contributed by atoms with Crippen LogP contribution in [-0.2, 0) is 24.7 Å². The fourth-order valence-electron chi connectivity index (χ4n) is 4.61. The first-order valence-electron chi connectivity index (χ1n) is 11.2. The Morgan fingerprint density at radius 1 is 1.15 bits per heavy atom. The van der Waals surface area contributed by atoms with Gasteiger partial charge in [-0.05, 0) is 67.7 Å². The molecule has 11 heteroatoms. The Morgan fingerprint density at radius 2 is 1.76 bits per heavy atom. The molecule has 3 unspecified atom stereocenters. The maximum absolute atomic E-state index is 13.2. The molecule has 1 amide bonds. The number of hydrogen-bond acceptors (Lipinski definition) is 6. The molecule has 33 heavy (non-hydrogen) atoms. The minimum atomic E-state index is -4.11. The van der Waals surface area contributed by atoms with Crippen LogP contribution in [0.25, 0.3) is 0 Å². The van der Waals surface area contributed by atoms with E-state index in [1.807, 2.05) is 0 Å². The number of sulfone groups is 1. The molecule has 2 rings (SSSR count). The summed E-state index contributed by atoms with van der Waals surface area (Å²) in [4.78, 5) is 12.7. The summed E-state index contributed by atoms with van der Waals surface area (Å²) < 4.78 is 64.4. The summed E-state index contributed by atoms with van der Waals surface area (Å²) in [5, 5.41) is 13.4. The molecule has 0 heterocycles. The van der Waals surface area contributed by atoms with Gasteiger partial charge in [0.1, 0.15) is 11.9 Å². The van der Waals surface area contributed by atoms with Crippen molar-refractivity contribution in [2.45, 2.75) is 69.5 Å². The van der Waals surface area contributed by atoms with Crippen LogP contribution in [0.5, 0.6) is 0 Å². The highest BCUT2D eigenvalue weighted by molar-refractivity contribution is 7.91. The van der Waals surface area contributed by atoms with Gasteiger partial charge in [0, 0.05) is 0 Å². The predicted octanol–water partition coefficient (Wildman–Crippen LogP) is 1.85. The average molecular weight is 507 g/mol. The van der Waals surface area contributed by atoms with Gasteiger partial charge < -0.3 is 10.4 Å². The van der Waals surface area contributed by atoms with Crippen molar-refractivity contribution in [1.82, 2.24) is 10.0 Å². The van der Waals surface area contributed by atoms with Gasteiger partial charge in [0.15, 0.2) is 9.84 Å². The summed E-state index contributed by atoms with van der Waals surface area (Å²) in [5.74, 6) is -0.950. The molecule has 8 nitrogen and oxygen atoms in total. The van der Waals surface area contributed by atoms with E-state index in [4.69, 9.17) is 0 Å². The Hall–Kier alpha value is -1.56. The highest BCUT2D eigenvalue weighted by atomic mass is 32.2. The first-order valence-corrected chi connectivity index (χ1v) is 14.7. The van der Waals surface area contributed by atoms with Gasteiger partial charge in [0.05, 0.1) is 29.0 Å². The minimum absolute atomic E-state index is 0.228. The van der Waals surface area contributed by atoms with Crippen molar-refractivity contribution >= 4 is 25.8 Å². The molecule has 0 aliphatic heterocycles. The van der Waals surface area contributed by atoms with Crippen molar-refractivity contribution < 1.29 is 31.1 Å². The second-order valence-electron chi connectivity index (χ2n) is 9.32. The maximum Gasteiger partial charge on any atom is 0.239 e. The van der Waals surface area contributed by atoms with Gasteiger partial charge in [-0.1, -0.05) is 20.8 Å². The van der Waals surface area contributed by atoms with Crippen LogP contribution < -0.4 is 10.0 Å². The average Bonchev–Trinajstić information content (AvgIpc) is 3.01. The van der Waals surface area contributed by atoms with Crippen LogP contribution in [0.3, 0.4) is 0 Å². The quantitative estimate of drug-likeness (QED) is 0.393. The Balaban J connectivity index is 2.15. The summed E-state index contributed by atoms with van der Waals surface area (Å²) in [5.41, 5.74) is 0. The Labute approximate surface area is 196 Å². The van der Waals surface area contributed by atoms with E-state index < -0.39 is 55.5 Å². The Morgan fingerprint density at radius 3 is 2.24 bits per heavy atom. The van der Waals surface area contributed by atoms with Gasteiger partial charge in [-0.2, -0.15) is 0 Å². The lowest BCUT2D eigenvalue weighted by Crippen LogP contribution is -2.54. The van der Waals surface area contributed by atoms with Gasteiger partial charge in [-0.3, -0.25) is 4.79 Å². The van der Waals surface area contributed by atoms with Crippen molar-refractivity contribution in [3.05, 3.63) is 30.1 Å². The molecule has 0 saturated heterocycles. The normalized spacial score (nSPS) is 24.2. The molecule has 1 fully saturated rings. The van der Waals surface area contributed by atoms with Gasteiger partial charge >= 0.3 is 0 Å². The molecule has 1 aromatic rings. The number of aliphatic hydroxyl groups is 1. The number of hydrogen-bond donors (Lipinski definition) is 3. The monoisotopic (exact) mass is 506 g/mol. The SMILES string of the molecule is CC[C@H](NC(=O)[C@@H](CS(=O)(=O)c1ccc(F)cc1)NS(C)(=O)=O)[C@H](O)CC1CC(C)CC1C. The number of rotatable bonds is 11. The van der Waals surface area contributed by atoms with E-state index in [2.05, 4.69) is 23.9 Å². The van der Waals surface area contributed by atoms with Crippen LogP contribution in [-0.4, -0.2) is 58.0 Å². The van der Waals surface area contributed by atoms with Crippen LogP contribution in [0, 0.1) is 23.6 Å². The molecular formula is C22H35FN2O6S2. The second kappa shape index (κ2) is 11.2. The summed E-state index contributed by atoms with van der Waals surface area (Å²) in [6.45, 7) is 6.10. The standard InChI is InChI=1S/C22H35FN2O6S2/c1-5-19(21(26)12-16-11-14(2)10-15(16)3)24-22(27)20(25-32(4,28)29)13-33(30,31)18-8-6-17(23)7-9-18/h6-9,14-16,19-21,25-26H,5,10-13H2,1-4H3,(H,24,27)/t14?,15?,16?,19-,20+,21+/m0/s1. The minimum Gasteiger partial charge on any atom is -0.391 e. The third-order valence-corrected chi connectivity index (χ3v) is 8.77. The van der Waals surface area contributed by atoms with E-state index in [9.17, 15) is 31.1 Å². The number of carbonyl (C=O) groups is 1. The van der Waals surface area contributed by atoms with E-state index in [0.29, 0.717) is 30.6 Å². The van der Waals surface area contributed by atoms with Crippen LogP contribution >= 0.6 is 0 Å². The second-order valence-corrected chi connectivity index (χ2v) is 13.1. The fraction of sp³-hybridized carbons (Fsp3) is 0.682. The maximum atomic E-state index is 13.2. The zero-order chi connectivity index (χ0) is 25.0. The highest BCUT2D eigenvalue weighted by Crippen LogP contribution is 2.38. The van der Waals surface area contributed by atoms with E-state index >= 15 is 0 Å². The van der Waals surface area contributed by atoms with Gasteiger partial charge in [-0.25, -0.2) is 25.9 Å².